The van der Waals surface area contributed by atoms with Gasteiger partial charge in [-0.15, -0.1) is 11.3 Å². The van der Waals surface area contributed by atoms with Crippen LogP contribution in [-0.2, 0) is 0 Å². The molecule has 0 fully saturated rings. The third-order valence-corrected chi connectivity index (χ3v) is 4.08. The van der Waals surface area contributed by atoms with Crippen LogP contribution >= 0.6 is 11.3 Å². The van der Waals surface area contributed by atoms with Crippen molar-refractivity contribution < 1.29 is 4.74 Å². The highest BCUT2D eigenvalue weighted by Crippen LogP contribution is 2.26. The highest BCUT2D eigenvalue weighted by atomic mass is 32.1. The summed E-state index contributed by atoms with van der Waals surface area (Å²) < 4.78 is 6.48. The van der Waals surface area contributed by atoms with Crippen LogP contribution in [0, 0.1) is 0 Å². The van der Waals surface area contributed by atoms with E-state index >= 15 is 0 Å². The summed E-state index contributed by atoms with van der Waals surface area (Å²) in [4.78, 5) is 1.28. The van der Waals surface area contributed by atoms with Crippen molar-refractivity contribution >= 4 is 33.6 Å². The zero-order chi connectivity index (χ0) is 13.1. The van der Waals surface area contributed by atoms with E-state index in [0.29, 0.717) is 0 Å². The standard InChI is InChI=1S/C17H14OS/c1-18-15-9-6-13(7-10-15)8-11-16-12-14-4-2-3-5-17(14)19-16/h2-12H,1H3/b11-8+. The van der Waals surface area contributed by atoms with Gasteiger partial charge in [0.15, 0.2) is 0 Å². The van der Waals surface area contributed by atoms with Crippen LogP contribution in [0.15, 0.2) is 54.6 Å². The molecule has 0 N–H and O–H groups in total. The Morgan fingerprint density at radius 1 is 0.947 bits per heavy atom. The Morgan fingerprint density at radius 3 is 2.47 bits per heavy atom. The Kier molecular flexibility index (Phi) is 3.34. The second-order valence-electron chi connectivity index (χ2n) is 4.29. The monoisotopic (exact) mass is 266 g/mol. The Bertz CT molecular complexity index is 674. The molecule has 0 amide bonds. The van der Waals surface area contributed by atoms with Crippen molar-refractivity contribution in [1.82, 2.24) is 0 Å². The minimum absolute atomic E-state index is 0.888. The summed E-state index contributed by atoms with van der Waals surface area (Å²) in [7, 11) is 1.68. The van der Waals surface area contributed by atoms with Crippen molar-refractivity contribution in [3.05, 3.63) is 65.0 Å². The summed E-state index contributed by atoms with van der Waals surface area (Å²) in [5, 5.41) is 1.31. The lowest BCUT2D eigenvalue weighted by Gasteiger charge is -1.98. The fourth-order valence-corrected chi connectivity index (χ4v) is 2.95. The van der Waals surface area contributed by atoms with Crippen LogP contribution in [-0.4, -0.2) is 7.11 Å². The van der Waals surface area contributed by atoms with Gasteiger partial charge in [-0.1, -0.05) is 36.4 Å². The fourth-order valence-electron chi connectivity index (χ4n) is 1.98. The van der Waals surface area contributed by atoms with Crippen LogP contribution in [0.3, 0.4) is 0 Å². The molecule has 0 saturated carbocycles. The number of rotatable bonds is 3. The molecule has 94 valence electrons. The lowest BCUT2D eigenvalue weighted by Crippen LogP contribution is -1.81. The summed E-state index contributed by atoms with van der Waals surface area (Å²) in [6.45, 7) is 0. The number of thiophene rings is 1. The third kappa shape index (κ3) is 2.69. The highest BCUT2D eigenvalue weighted by molar-refractivity contribution is 7.19. The molecule has 0 bridgehead atoms. The molecule has 0 radical (unpaired) electrons. The van der Waals surface area contributed by atoms with E-state index in [1.54, 1.807) is 7.11 Å². The maximum absolute atomic E-state index is 5.15. The summed E-state index contributed by atoms with van der Waals surface area (Å²) in [5.41, 5.74) is 1.18. The number of ether oxygens (including phenoxy) is 1. The topological polar surface area (TPSA) is 9.23 Å². The van der Waals surface area contributed by atoms with E-state index in [0.717, 1.165) is 5.75 Å². The zero-order valence-electron chi connectivity index (χ0n) is 10.7. The van der Waals surface area contributed by atoms with Gasteiger partial charge in [0, 0.05) is 9.58 Å². The molecular formula is C17H14OS. The predicted molar refractivity (Wildman–Crippen MR) is 83.7 cm³/mol. The van der Waals surface area contributed by atoms with Gasteiger partial charge in [-0.2, -0.15) is 0 Å². The molecule has 3 aromatic rings. The molecular weight excluding hydrogens is 252 g/mol. The number of fused-ring (bicyclic) bond motifs is 1. The van der Waals surface area contributed by atoms with E-state index in [1.165, 1.54) is 20.5 Å². The van der Waals surface area contributed by atoms with Crippen molar-refractivity contribution in [1.29, 1.82) is 0 Å². The van der Waals surface area contributed by atoms with Crippen LogP contribution in [0.4, 0.5) is 0 Å². The predicted octanol–water partition coefficient (Wildman–Crippen LogP) is 5.08. The number of hydrogen-bond acceptors (Lipinski definition) is 2. The van der Waals surface area contributed by atoms with Crippen molar-refractivity contribution in [2.75, 3.05) is 7.11 Å². The van der Waals surface area contributed by atoms with E-state index < -0.39 is 0 Å². The molecule has 0 atom stereocenters. The molecule has 0 aliphatic heterocycles. The highest BCUT2D eigenvalue weighted by Gasteiger charge is 1.97. The van der Waals surface area contributed by atoms with Gasteiger partial charge < -0.3 is 4.74 Å². The van der Waals surface area contributed by atoms with Crippen LogP contribution in [0.5, 0.6) is 5.75 Å². The minimum Gasteiger partial charge on any atom is -0.497 e. The van der Waals surface area contributed by atoms with Gasteiger partial charge in [-0.25, -0.2) is 0 Å². The molecule has 1 aromatic heterocycles. The molecule has 0 spiro atoms. The summed E-state index contributed by atoms with van der Waals surface area (Å²) >= 11 is 1.81. The average molecular weight is 266 g/mol. The van der Waals surface area contributed by atoms with E-state index in [4.69, 9.17) is 4.74 Å². The van der Waals surface area contributed by atoms with Crippen LogP contribution < -0.4 is 4.74 Å². The molecule has 3 rings (SSSR count). The minimum atomic E-state index is 0.888. The first-order chi connectivity index (χ1) is 9.35. The number of benzene rings is 2. The third-order valence-electron chi connectivity index (χ3n) is 3.00. The van der Waals surface area contributed by atoms with Gasteiger partial charge in [0.2, 0.25) is 0 Å². The Morgan fingerprint density at radius 2 is 1.74 bits per heavy atom. The molecule has 0 aliphatic carbocycles. The normalized spacial score (nSPS) is 11.2. The van der Waals surface area contributed by atoms with E-state index in [1.807, 2.05) is 23.5 Å². The SMILES string of the molecule is COc1ccc(/C=C/c2cc3ccccc3s2)cc1. The Balaban J connectivity index is 1.84. The molecule has 1 heterocycles. The van der Waals surface area contributed by atoms with Crippen molar-refractivity contribution in [2.45, 2.75) is 0 Å². The van der Waals surface area contributed by atoms with Crippen molar-refractivity contribution in [3.8, 4) is 5.75 Å². The fraction of sp³-hybridized carbons (Fsp3) is 0.0588. The van der Waals surface area contributed by atoms with Gasteiger partial charge in [0.25, 0.3) is 0 Å². The first-order valence-corrected chi connectivity index (χ1v) is 6.97. The second kappa shape index (κ2) is 5.29. The summed E-state index contributed by atoms with van der Waals surface area (Å²) in [5.74, 6) is 0.888. The molecule has 19 heavy (non-hydrogen) atoms. The van der Waals surface area contributed by atoms with Gasteiger partial charge in [0.1, 0.15) is 5.75 Å². The molecule has 0 aliphatic rings. The quantitative estimate of drug-likeness (QED) is 0.642. The van der Waals surface area contributed by atoms with Crippen molar-refractivity contribution in [2.24, 2.45) is 0 Å². The molecule has 0 unspecified atom stereocenters. The van der Waals surface area contributed by atoms with Crippen LogP contribution in [0.1, 0.15) is 10.4 Å². The molecule has 1 nitrogen and oxygen atoms in total. The zero-order valence-corrected chi connectivity index (χ0v) is 11.5. The first kappa shape index (κ1) is 12.0. The second-order valence-corrected chi connectivity index (χ2v) is 5.41. The maximum atomic E-state index is 5.15. The van der Waals surface area contributed by atoms with Gasteiger partial charge in [-0.3, -0.25) is 0 Å². The van der Waals surface area contributed by atoms with E-state index in [-0.39, 0.29) is 0 Å². The smallest absolute Gasteiger partial charge is 0.118 e. The van der Waals surface area contributed by atoms with Gasteiger partial charge in [-0.05, 0) is 41.3 Å². The van der Waals surface area contributed by atoms with Crippen LogP contribution in [0.25, 0.3) is 22.2 Å². The Hall–Kier alpha value is -2.06. The first-order valence-electron chi connectivity index (χ1n) is 6.16. The average Bonchev–Trinajstić information content (AvgIpc) is 2.88. The molecule has 2 aromatic carbocycles. The van der Waals surface area contributed by atoms with E-state index in [9.17, 15) is 0 Å². The summed E-state index contributed by atoms with van der Waals surface area (Å²) in [6.07, 6.45) is 4.29. The summed E-state index contributed by atoms with van der Waals surface area (Å²) in [6, 6.07) is 18.8. The van der Waals surface area contributed by atoms with Gasteiger partial charge >= 0.3 is 0 Å². The lowest BCUT2D eigenvalue weighted by molar-refractivity contribution is 0.415. The van der Waals surface area contributed by atoms with Gasteiger partial charge in [0.05, 0.1) is 7.11 Å². The Labute approximate surface area is 116 Å². The maximum Gasteiger partial charge on any atom is 0.118 e. The number of methoxy groups -OCH3 is 1. The largest absolute Gasteiger partial charge is 0.497 e. The lowest BCUT2D eigenvalue weighted by atomic mass is 10.2. The van der Waals surface area contributed by atoms with Crippen LogP contribution in [0.2, 0.25) is 0 Å². The molecule has 0 saturated heterocycles. The number of hydrogen-bond donors (Lipinski definition) is 0. The van der Waals surface area contributed by atoms with E-state index in [2.05, 4.69) is 54.6 Å². The van der Waals surface area contributed by atoms with Crippen molar-refractivity contribution in [3.63, 3.8) is 0 Å². The molecule has 2 heteroatoms.